The molecular weight excluding hydrogens is 392 g/mol. The van der Waals surface area contributed by atoms with E-state index in [2.05, 4.69) is 5.32 Å². The van der Waals surface area contributed by atoms with E-state index in [1.807, 2.05) is 48.2 Å². The van der Waals surface area contributed by atoms with E-state index < -0.39 is 0 Å². The Morgan fingerprint density at radius 1 is 1.31 bits per heavy atom. The molecule has 1 amide bonds. The smallest absolute Gasteiger partial charge is 0.257 e. The number of carbonyl (C=O) groups excluding carboxylic acids is 1. The summed E-state index contributed by atoms with van der Waals surface area (Å²) in [5.74, 6) is 1.02. The highest BCUT2D eigenvalue weighted by Crippen LogP contribution is 2.41. The lowest BCUT2D eigenvalue weighted by Gasteiger charge is -2.39. The average molecular weight is 417 g/mol. The molecule has 29 heavy (non-hydrogen) atoms. The van der Waals surface area contributed by atoms with Crippen molar-refractivity contribution < 1.29 is 19.0 Å². The molecule has 7 heteroatoms. The molecule has 2 aromatic rings. The third-order valence-electron chi connectivity index (χ3n) is 5.30. The molecule has 154 valence electrons. The van der Waals surface area contributed by atoms with Crippen LogP contribution in [0.3, 0.4) is 0 Å². The number of amides is 1. The lowest BCUT2D eigenvalue weighted by atomic mass is 10.0. The summed E-state index contributed by atoms with van der Waals surface area (Å²) in [4.78, 5) is 15.2. The molecule has 2 atom stereocenters. The summed E-state index contributed by atoms with van der Waals surface area (Å²) in [6.07, 6.45) is 1.62. The monoisotopic (exact) mass is 416 g/mol. The fraction of sp³-hybridized carbons (Fsp3) is 0.409. The Labute approximate surface area is 175 Å². The summed E-state index contributed by atoms with van der Waals surface area (Å²) in [6, 6.07) is 11.2. The molecule has 0 aliphatic carbocycles. The van der Waals surface area contributed by atoms with Gasteiger partial charge in [0, 0.05) is 24.4 Å². The SMILES string of the molecule is CCOc1c(Cl)cc([C@@H]2Nc3ccccc3C(=O)N2C[C@@H]2CCCO2)cc1OC. The van der Waals surface area contributed by atoms with E-state index >= 15 is 0 Å². The number of rotatable bonds is 6. The molecule has 0 saturated carbocycles. The molecule has 0 bridgehead atoms. The number of methoxy groups -OCH3 is 1. The van der Waals surface area contributed by atoms with Crippen LogP contribution in [0.2, 0.25) is 5.02 Å². The summed E-state index contributed by atoms with van der Waals surface area (Å²) in [5, 5.41) is 3.94. The van der Waals surface area contributed by atoms with Crippen LogP contribution in [0.5, 0.6) is 11.5 Å². The third-order valence-corrected chi connectivity index (χ3v) is 5.58. The largest absolute Gasteiger partial charge is 0.493 e. The average Bonchev–Trinajstić information content (AvgIpc) is 3.24. The first-order valence-corrected chi connectivity index (χ1v) is 10.3. The summed E-state index contributed by atoms with van der Waals surface area (Å²) in [7, 11) is 1.58. The zero-order valence-corrected chi connectivity index (χ0v) is 17.4. The number of benzene rings is 2. The Hall–Kier alpha value is -2.44. The number of halogens is 1. The van der Waals surface area contributed by atoms with Crippen LogP contribution in [0, 0.1) is 0 Å². The first kappa shape index (κ1) is 19.9. The van der Waals surface area contributed by atoms with Gasteiger partial charge in [0.05, 0.1) is 30.4 Å². The quantitative estimate of drug-likeness (QED) is 0.751. The van der Waals surface area contributed by atoms with Crippen LogP contribution >= 0.6 is 11.6 Å². The molecule has 1 saturated heterocycles. The summed E-state index contributed by atoms with van der Waals surface area (Å²) >= 11 is 6.51. The highest BCUT2D eigenvalue weighted by molar-refractivity contribution is 6.32. The van der Waals surface area contributed by atoms with Gasteiger partial charge in [-0.05, 0) is 44.0 Å². The van der Waals surface area contributed by atoms with Crippen LogP contribution < -0.4 is 14.8 Å². The summed E-state index contributed by atoms with van der Waals surface area (Å²) in [6.45, 7) is 3.63. The van der Waals surface area contributed by atoms with Crippen LogP contribution in [0.4, 0.5) is 5.69 Å². The molecule has 1 fully saturated rings. The van der Waals surface area contributed by atoms with E-state index in [1.54, 1.807) is 7.11 Å². The second-order valence-electron chi connectivity index (χ2n) is 7.15. The van der Waals surface area contributed by atoms with Crippen molar-refractivity contribution in [3.05, 3.63) is 52.5 Å². The van der Waals surface area contributed by atoms with Gasteiger partial charge < -0.3 is 24.4 Å². The second kappa shape index (κ2) is 8.51. The zero-order chi connectivity index (χ0) is 20.4. The van der Waals surface area contributed by atoms with Gasteiger partial charge in [-0.2, -0.15) is 0 Å². The number of ether oxygens (including phenoxy) is 3. The minimum atomic E-state index is -0.385. The minimum absolute atomic E-state index is 0.0242. The summed E-state index contributed by atoms with van der Waals surface area (Å²) in [5.41, 5.74) is 2.29. The number of nitrogens with zero attached hydrogens (tertiary/aromatic N) is 1. The standard InChI is InChI=1S/C22H25ClN2O4/c1-3-28-20-17(23)11-14(12-19(20)27-2)21-24-18-9-5-4-8-16(18)22(26)25(21)13-15-7-6-10-29-15/h4-5,8-9,11-12,15,21,24H,3,6-7,10,13H2,1-2H3/t15-,21+/m0/s1. The van der Waals surface area contributed by atoms with Gasteiger partial charge in [0.15, 0.2) is 11.5 Å². The fourth-order valence-corrected chi connectivity index (χ4v) is 4.21. The normalized spacial score (nSPS) is 20.9. The minimum Gasteiger partial charge on any atom is -0.493 e. The molecule has 6 nitrogen and oxygen atoms in total. The predicted octanol–water partition coefficient (Wildman–Crippen LogP) is 4.49. The molecule has 2 aliphatic heterocycles. The van der Waals surface area contributed by atoms with Gasteiger partial charge in [0.2, 0.25) is 0 Å². The maximum absolute atomic E-state index is 13.3. The van der Waals surface area contributed by atoms with Crippen molar-refractivity contribution in [2.45, 2.75) is 32.0 Å². The van der Waals surface area contributed by atoms with Crippen molar-refractivity contribution in [1.82, 2.24) is 4.90 Å². The van der Waals surface area contributed by atoms with E-state index in [-0.39, 0.29) is 18.2 Å². The first-order chi connectivity index (χ1) is 14.1. The van der Waals surface area contributed by atoms with E-state index in [9.17, 15) is 4.79 Å². The molecule has 0 spiro atoms. The Morgan fingerprint density at radius 2 is 2.14 bits per heavy atom. The van der Waals surface area contributed by atoms with Crippen molar-refractivity contribution in [2.24, 2.45) is 0 Å². The van der Waals surface area contributed by atoms with Gasteiger partial charge in [0.1, 0.15) is 6.17 Å². The zero-order valence-electron chi connectivity index (χ0n) is 16.6. The Balaban J connectivity index is 1.74. The van der Waals surface area contributed by atoms with Gasteiger partial charge in [-0.3, -0.25) is 4.79 Å². The van der Waals surface area contributed by atoms with Gasteiger partial charge in [-0.25, -0.2) is 0 Å². The molecule has 4 rings (SSSR count). The van der Waals surface area contributed by atoms with E-state index in [0.717, 1.165) is 30.7 Å². The Bertz CT molecular complexity index is 898. The number of nitrogens with one attached hydrogen (secondary N) is 1. The van der Waals surface area contributed by atoms with Crippen LogP contribution in [0.25, 0.3) is 0 Å². The highest BCUT2D eigenvalue weighted by Gasteiger charge is 2.36. The molecule has 2 aliphatic rings. The Kier molecular flexibility index (Phi) is 5.83. The number of hydrogen-bond acceptors (Lipinski definition) is 5. The first-order valence-electron chi connectivity index (χ1n) is 9.90. The van der Waals surface area contributed by atoms with Gasteiger partial charge >= 0.3 is 0 Å². The molecule has 2 heterocycles. The molecule has 1 N–H and O–H groups in total. The molecule has 0 unspecified atom stereocenters. The second-order valence-corrected chi connectivity index (χ2v) is 7.56. The predicted molar refractivity (Wildman–Crippen MR) is 112 cm³/mol. The molecule has 0 aromatic heterocycles. The van der Waals surface area contributed by atoms with Crippen LogP contribution in [-0.4, -0.2) is 43.8 Å². The van der Waals surface area contributed by atoms with Crippen LogP contribution in [0.1, 0.15) is 41.9 Å². The third kappa shape index (κ3) is 3.87. The fourth-order valence-electron chi connectivity index (χ4n) is 3.93. The topological polar surface area (TPSA) is 60.0 Å². The molecule has 2 aromatic carbocycles. The van der Waals surface area contributed by atoms with Crippen molar-refractivity contribution in [3.63, 3.8) is 0 Å². The maximum Gasteiger partial charge on any atom is 0.257 e. The van der Waals surface area contributed by atoms with Crippen LogP contribution in [-0.2, 0) is 4.74 Å². The lowest BCUT2D eigenvalue weighted by molar-refractivity contribution is 0.0426. The van der Waals surface area contributed by atoms with Crippen molar-refractivity contribution in [1.29, 1.82) is 0 Å². The number of hydrogen-bond donors (Lipinski definition) is 1. The Morgan fingerprint density at radius 3 is 2.86 bits per heavy atom. The maximum atomic E-state index is 13.3. The number of fused-ring (bicyclic) bond motifs is 1. The van der Waals surface area contributed by atoms with Crippen molar-refractivity contribution in [3.8, 4) is 11.5 Å². The summed E-state index contributed by atoms with van der Waals surface area (Å²) < 4.78 is 16.9. The lowest BCUT2D eigenvalue weighted by Crippen LogP contribution is -2.46. The number of anilines is 1. The van der Waals surface area contributed by atoms with Gasteiger partial charge in [-0.15, -0.1) is 0 Å². The van der Waals surface area contributed by atoms with E-state index in [0.29, 0.717) is 35.2 Å². The molecule has 0 radical (unpaired) electrons. The van der Waals surface area contributed by atoms with Crippen molar-refractivity contribution in [2.75, 3.05) is 32.2 Å². The van der Waals surface area contributed by atoms with E-state index in [4.69, 9.17) is 25.8 Å². The van der Waals surface area contributed by atoms with Gasteiger partial charge in [0.25, 0.3) is 5.91 Å². The van der Waals surface area contributed by atoms with Crippen molar-refractivity contribution >= 4 is 23.2 Å². The number of para-hydroxylation sites is 1. The molecular formula is C22H25ClN2O4. The number of carbonyl (C=O) groups is 1. The van der Waals surface area contributed by atoms with Gasteiger partial charge in [-0.1, -0.05) is 23.7 Å². The highest BCUT2D eigenvalue weighted by atomic mass is 35.5. The van der Waals surface area contributed by atoms with Crippen LogP contribution in [0.15, 0.2) is 36.4 Å². The van der Waals surface area contributed by atoms with E-state index in [1.165, 1.54) is 0 Å².